The summed E-state index contributed by atoms with van der Waals surface area (Å²) in [5.41, 5.74) is 13.9. The Morgan fingerprint density at radius 2 is 1.50 bits per heavy atom. The number of nitrogens with two attached hydrogens (primary N) is 2. The molecule has 4 heteroatoms. The average molecular weight is 280 g/mol. The highest BCUT2D eigenvalue weighted by molar-refractivity contribution is 5.59. The van der Waals surface area contributed by atoms with E-state index in [-0.39, 0.29) is 18.2 Å². The molecule has 4 N–H and O–H groups in total. The minimum Gasteiger partial charge on any atom is -0.487 e. The van der Waals surface area contributed by atoms with E-state index in [1.807, 2.05) is 39.8 Å². The molecule has 1 aromatic rings. The number of hydrogen-bond acceptors (Lipinski definition) is 4. The lowest BCUT2D eigenvalue weighted by molar-refractivity contribution is 0.198. The largest absolute Gasteiger partial charge is 0.487 e. The highest BCUT2D eigenvalue weighted by atomic mass is 16.5. The number of hydrogen-bond donors (Lipinski definition) is 2. The molecule has 1 aromatic carbocycles. The van der Waals surface area contributed by atoms with Crippen LogP contribution in [-0.4, -0.2) is 12.2 Å². The number of nitrogen functional groups attached to an aromatic ring is 1. The molecule has 0 saturated heterocycles. The van der Waals surface area contributed by atoms with Gasteiger partial charge < -0.3 is 20.9 Å². The van der Waals surface area contributed by atoms with Crippen LogP contribution in [0, 0.1) is 0 Å². The van der Waals surface area contributed by atoms with Crippen LogP contribution < -0.4 is 20.9 Å². The van der Waals surface area contributed by atoms with E-state index in [1.54, 1.807) is 0 Å². The van der Waals surface area contributed by atoms with Gasteiger partial charge in [-0.3, -0.25) is 0 Å². The van der Waals surface area contributed by atoms with Crippen molar-refractivity contribution in [1.29, 1.82) is 0 Å². The van der Waals surface area contributed by atoms with Gasteiger partial charge in [0.15, 0.2) is 11.5 Å². The van der Waals surface area contributed by atoms with Crippen molar-refractivity contribution in [2.45, 2.75) is 65.7 Å². The maximum absolute atomic E-state index is 6.18. The van der Waals surface area contributed by atoms with Crippen LogP contribution in [0.3, 0.4) is 0 Å². The van der Waals surface area contributed by atoms with Gasteiger partial charge in [0.25, 0.3) is 0 Å². The fourth-order valence-corrected chi connectivity index (χ4v) is 2.07. The smallest absolute Gasteiger partial charge is 0.163 e. The summed E-state index contributed by atoms with van der Waals surface area (Å²) in [4.78, 5) is 0. The molecule has 20 heavy (non-hydrogen) atoms. The Morgan fingerprint density at radius 1 is 1.00 bits per heavy atom. The minimum absolute atomic E-state index is 0.0670. The van der Waals surface area contributed by atoms with Crippen LogP contribution in [0.5, 0.6) is 11.5 Å². The average Bonchev–Trinajstić information content (AvgIpc) is 2.31. The molecule has 0 aliphatic carbocycles. The lowest BCUT2D eigenvalue weighted by Gasteiger charge is -2.21. The van der Waals surface area contributed by atoms with Crippen molar-refractivity contribution < 1.29 is 9.47 Å². The first kappa shape index (κ1) is 16.6. The molecule has 0 saturated carbocycles. The standard InChI is InChI=1S/C16H28N2O2/c1-6-7-13(17)12-8-15(19-10(2)3)16(9-14(12)18)20-11(4)5/h8-11,13H,6-7,17-18H2,1-5H3. The summed E-state index contributed by atoms with van der Waals surface area (Å²) in [6.45, 7) is 10.0. The van der Waals surface area contributed by atoms with Gasteiger partial charge in [-0.25, -0.2) is 0 Å². The summed E-state index contributed by atoms with van der Waals surface area (Å²) in [7, 11) is 0. The topological polar surface area (TPSA) is 70.5 Å². The Balaban J connectivity index is 3.16. The van der Waals surface area contributed by atoms with Crippen molar-refractivity contribution in [2.75, 3.05) is 5.73 Å². The van der Waals surface area contributed by atoms with Gasteiger partial charge in [0, 0.05) is 17.8 Å². The second-order valence-electron chi connectivity index (χ2n) is 5.66. The first-order valence-corrected chi connectivity index (χ1v) is 7.37. The van der Waals surface area contributed by atoms with Crippen molar-refractivity contribution in [2.24, 2.45) is 5.73 Å². The molecule has 0 aliphatic heterocycles. The Labute approximate surface area is 122 Å². The van der Waals surface area contributed by atoms with Crippen molar-refractivity contribution in [3.63, 3.8) is 0 Å². The summed E-state index contributed by atoms with van der Waals surface area (Å²) < 4.78 is 11.6. The third-order valence-electron chi connectivity index (χ3n) is 2.87. The van der Waals surface area contributed by atoms with Crippen LogP contribution in [0.2, 0.25) is 0 Å². The molecule has 1 rings (SSSR count). The van der Waals surface area contributed by atoms with Gasteiger partial charge in [-0.05, 0) is 45.7 Å². The second-order valence-corrected chi connectivity index (χ2v) is 5.66. The van der Waals surface area contributed by atoms with Crippen LogP contribution in [0.15, 0.2) is 12.1 Å². The van der Waals surface area contributed by atoms with Crippen LogP contribution in [0.4, 0.5) is 5.69 Å². The summed E-state index contributed by atoms with van der Waals surface area (Å²) >= 11 is 0. The maximum atomic E-state index is 6.18. The van der Waals surface area contributed by atoms with Crippen LogP contribution in [0.25, 0.3) is 0 Å². The Kier molecular flexibility index (Phi) is 6.14. The summed E-state index contributed by atoms with van der Waals surface area (Å²) in [5, 5.41) is 0. The van der Waals surface area contributed by atoms with Gasteiger partial charge in [0.05, 0.1) is 12.2 Å². The van der Waals surface area contributed by atoms with Gasteiger partial charge in [-0.2, -0.15) is 0 Å². The van der Waals surface area contributed by atoms with Crippen molar-refractivity contribution in [3.05, 3.63) is 17.7 Å². The first-order chi connectivity index (χ1) is 9.35. The van der Waals surface area contributed by atoms with Crippen molar-refractivity contribution in [3.8, 4) is 11.5 Å². The second kappa shape index (κ2) is 7.39. The van der Waals surface area contributed by atoms with E-state index >= 15 is 0 Å². The Bertz CT molecular complexity index is 431. The van der Waals surface area contributed by atoms with E-state index in [2.05, 4.69) is 6.92 Å². The minimum atomic E-state index is -0.0670. The predicted octanol–water partition coefficient (Wildman–Crippen LogP) is 3.64. The highest BCUT2D eigenvalue weighted by Crippen LogP contribution is 2.36. The lowest BCUT2D eigenvalue weighted by Crippen LogP contribution is -2.15. The SMILES string of the molecule is CCCC(N)c1cc(OC(C)C)c(OC(C)C)cc1N. The molecule has 0 spiro atoms. The van der Waals surface area contributed by atoms with E-state index in [9.17, 15) is 0 Å². The zero-order valence-electron chi connectivity index (χ0n) is 13.3. The molecule has 4 nitrogen and oxygen atoms in total. The zero-order chi connectivity index (χ0) is 15.3. The molecule has 0 bridgehead atoms. The third kappa shape index (κ3) is 4.60. The molecule has 0 fully saturated rings. The molecule has 0 aliphatic rings. The predicted molar refractivity (Wildman–Crippen MR) is 84.2 cm³/mol. The van der Waals surface area contributed by atoms with Crippen molar-refractivity contribution >= 4 is 5.69 Å². The summed E-state index contributed by atoms with van der Waals surface area (Å²) in [6, 6.07) is 3.68. The van der Waals surface area contributed by atoms with Crippen LogP contribution >= 0.6 is 0 Å². The van der Waals surface area contributed by atoms with Gasteiger partial charge in [0.2, 0.25) is 0 Å². The third-order valence-corrected chi connectivity index (χ3v) is 2.87. The molecule has 1 unspecified atom stereocenters. The fourth-order valence-electron chi connectivity index (χ4n) is 2.07. The van der Waals surface area contributed by atoms with Crippen molar-refractivity contribution in [1.82, 2.24) is 0 Å². The van der Waals surface area contributed by atoms with Gasteiger partial charge in [0.1, 0.15) is 0 Å². The maximum Gasteiger partial charge on any atom is 0.163 e. The number of ether oxygens (including phenoxy) is 2. The molecule has 0 amide bonds. The number of anilines is 1. The summed E-state index contributed by atoms with van der Waals surface area (Å²) in [5.74, 6) is 1.39. The fraction of sp³-hybridized carbons (Fsp3) is 0.625. The van der Waals surface area contributed by atoms with Crippen LogP contribution in [-0.2, 0) is 0 Å². The zero-order valence-corrected chi connectivity index (χ0v) is 13.3. The van der Waals surface area contributed by atoms with Gasteiger partial charge >= 0.3 is 0 Å². The molecular formula is C16H28N2O2. The number of benzene rings is 1. The molecule has 114 valence electrons. The monoisotopic (exact) mass is 280 g/mol. The highest BCUT2D eigenvalue weighted by Gasteiger charge is 2.16. The first-order valence-electron chi connectivity index (χ1n) is 7.37. The normalized spacial score (nSPS) is 12.8. The summed E-state index contributed by atoms with van der Waals surface area (Å²) in [6.07, 6.45) is 2.06. The Morgan fingerprint density at radius 3 is 1.95 bits per heavy atom. The molecule has 0 radical (unpaired) electrons. The quantitative estimate of drug-likeness (QED) is 0.748. The van der Waals surface area contributed by atoms with E-state index in [4.69, 9.17) is 20.9 Å². The van der Waals surface area contributed by atoms with Gasteiger partial charge in [-0.1, -0.05) is 13.3 Å². The molecule has 0 aromatic heterocycles. The molecular weight excluding hydrogens is 252 g/mol. The lowest BCUT2D eigenvalue weighted by atomic mass is 10.0. The molecule has 1 atom stereocenters. The van der Waals surface area contributed by atoms with E-state index in [0.717, 1.165) is 18.4 Å². The Hall–Kier alpha value is -1.42. The van der Waals surface area contributed by atoms with E-state index < -0.39 is 0 Å². The van der Waals surface area contributed by atoms with Crippen LogP contribution in [0.1, 0.15) is 59.1 Å². The van der Waals surface area contributed by atoms with Gasteiger partial charge in [-0.15, -0.1) is 0 Å². The van der Waals surface area contributed by atoms with E-state index in [1.165, 1.54) is 0 Å². The molecule has 0 heterocycles. The number of rotatable bonds is 7. The van der Waals surface area contributed by atoms with E-state index in [0.29, 0.717) is 17.2 Å².